The topological polar surface area (TPSA) is 88.1 Å². The molecule has 7 nitrogen and oxygen atoms in total. The molecule has 8 heteroatoms. The molecule has 1 atom stereocenters. The molecule has 1 N–H and O–H groups in total. The van der Waals surface area contributed by atoms with Crippen molar-refractivity contribution in [3.05, 3.63) is 64.4 Å². The molecule has 2 heterocycles. The predicted molar refractivity (Wildman–Crippen MR) is 117 cm³/mol. The van der Waals surface area contributed by atoms with E-state index in [-0.39, 0.29) is 17.6 Å². The lowest BCUT2D eigenvalue weighted by atomic mass is 10.0. The zero-order valence-corrected chi connectivity index (χ0v) is 17.6. The number of nitrogens with one attached hydrogen (secondary N) is 1. The lowest BCUT2D eigenvalue weighted by molar-refractivity contribution is -0.127. The van der Waals surface area contributed by atoms with Gasteiger partial charge in [-0.05, 0) is 54.8 Å². The molecule has 1 aromatic rings. The smallest absolute Gasteiger partial charge is 0.312 e. The molecule has 0 saturated carbocycles. The number of benzene rings is 1. The minimum atomic E-state index is -0.519. The number of likely N-dealkylation sites (tertiary alicyclic amines) is 1. The maximum Gasteiger partial charge on any atom is 0.312 e. The molecule has 1 saturated heterocycles. The van der Waals surface area contributed by atoms with E-state index < -0.39 is 12.0 Å². The molecule has 1 fully saturated rings. The first kappa shape index (κ1) is 21.1. The molecule has 3 aliphatic rings. The third-order valence-electron chi connectivity index (χ3n) is 5.23. The van der Waals surface area contributed by atoms with Gasteiger partial charge in [0, 0.05) is 36.7 Å². The fourth-order valence-corrected chi connectivity index (χ4v) is 3.72. The van der Waals surface area contributed by atoms with Crippen molar-refractivity contribution in [3.8, 4) is 0 Å². The van der Waals surface area contributed by atoms with Gasteiger partial charge in [0.05, 0.1) is 5.71 Å². The van der Waals surface area contributed by atoms with Crippen LogP contribution in [-0.2, 0) is 19.1 Å². The van der Waals surface area contributed by atoms with Crippen LogP contribution in [0.25, 0.3) is 6.08 Å². The molecule has 3 amide bonds. The Labute approximate surface area is 185 Å². The number of carbonyl (C=O) groups excluding carboxylic acids is 3. The lowest BCUT2D eigenvalue weighted by Gasteiger charge is -2.24. The Balaban J connectivity index is 1.35. The van der Waals surface area contributed by atoms with E-state index in [9.17, 15) is 14.4 Å². The van der Waals surface area contributed by atoms with E-state index in [2.05, 4.69) is 10.3 Å². The first-order valence-corrected chi connectivity index (χ1v) is 10.6. The summed E-state index contributed by atoms with van der Waals surface area (Å²) < 4.78 is 5.78. The van der Waals surface area contributed by atoms with Gasteiger partial charge in [-0.25, -0.2) is 4.99 Å². The number of aliphatic imine (C=N–C) groups is 1. The molecule has 1 unspecified atom stereocenters. The second-order valence-electron chi connectivity index (χ2n) is 7.49. The highest BCUT2D eigenvalue weighted by Crippen LogP contribution is 2.23. The molecule has 1 aromatic carbocycles. The Morgan fingerprint density at radius 3 is 2.84 bits per heavy atom. The van der Waals surface area contributed by atoms with E-state index in [1.165, 1.54) is 0 Å². The van der Waals surface area contributed by atoms with E-state index >= 15 is 0 Å². The summed E-state index contributed by atoms with van der Waals surface area (Å²) in [5.74, 6) is -0.430. The van der Waals surface area contributed by atoms with Crippen molar-refractivity contribution in [3.63, 3.8) is 0 Å². The van der Waals surface area contributed by atoms with Crippen molar-refractivity contribution in [1.82, 2.24) is 10.2 Å². The highest BCUT2D eigenvalue weighted by atomic mass is 35.5. The van der Waals surface area contributed by atoms with Crippen LogP contribution >= 0.6 is 11.6 Å². The van der Waals surface area contributed by atoms with Crippen LogP contribution < -0.4 is 5.32 Å². The first-order chi connectivity index (χ1) is 15.0. The highest BCUT2D eigenvalue weighted by molar-refractivity contribution is 6.30. The van der Waals surface area contributed by atoms with Crippen LogP contribution in [-0.4, -0.2) is 54.1 Å². The number of nitrogens with zero attached hydrogens (tertiary/aromatic N) is 2. The fourth-order valence-electron chi connectivity index (χ4n) is 3.60. The van der Waals surface area contributed by atoms with Gasteiger partial charge in [0.2, 0.25) is 5.91 Å². The molecule has 1 aliphatic carbocycles. The van der Waals surface area contributed by atoms with Crippen LogP contribution in [0, 0.1) is 0 Å². The van der Waals surface area contributed by atoms with Gasteiger partial charge in [-0.3, -0.25) is 14.4 Å². The van der Waals surface area contributed by atoms with Gasteiger partial charge in [-0.15, -0.1) is 0 Å². The molecule has 0 radical (unpaired) electrons. The van der Waals surface area contributed by atoms with Crippen molar-refractivity contribution in [1.29, 1.82) is 0 Å². The van der Waals surface area contributed by atoms with Gasteiger partial charge in [-0.2, -0.15) is 0 Å². The Hall–Kier alpha value is -3.19. The molecule has 4 rings (SSSR count). The van der Waals surface area contributed by atoms with Crippen molar-refractivity contribution in [2.45, 2.75) is 25.4 Å². The summed E-state index contributed by atoms with van der Waals surface area (Å²) in [4.78, 5) is 42.3. The number of rotatable bonds is 6. The van der Waals surface area contributed by atoms with Crippen LogP contribution in [0.1, 0.15) is 24.8 Å². The highest BCUT2D eigenvalue weighted by Gasteiger charge is 2.29. The number of ether oxygens (including phenoxy) is 1. The first-order valence-electron chi connectivity index (χ1n) is 10.2. The van der Waals surface area contributed by atoms with E-state index in [4.69, 9.17) is 16.3 Å². The average molecular weight is 440 g/mol. The number of amides is 3. The standard InChI is InChI=1S/C23H22ClN3O4/c24-17-7-4-15(5-8-17)13-20-23(30)26-18-14-16(6-9-19(18)31-20)22(29)25-10-2-12-27-11-1-3-21(27)28/h4-9,13-14,19H,1-3,10-12H2,(H,25,29)/b20-13-. The zero-order chi connectivity index (χ0) is 21.8. The minimum absolute atomic E-state index is 0.137. The maximum absolute atomic E-state index is 12.4. The monoisotopic (exact) mass is 439 g/mol. The predicted octanol–water partition coefficient (Wildman–Crippen LogP) is 2.67. The quantitative estimate of drug-likeness (QED) is 0.545. The molecule has 31 heavy (non-hydrogen) atoms. The lowest BCUT2D eigenvalue weighted by Crippen LogP contribution is -2.34. The van der Waals surface area contributed by atoms with Gasteiger partial charge in [0.1, 0.15) is 0 Å². The summed E-state index contributed by atoms with van der Waals surface area (Å²) in [7, 11) is 0. The second-order valence-corrected chi connectivity index (χ2v) is 7.93. The SMILES string of the molecule is O=C(NCCCN1CCCC1=O)C1=CC2=NC(=O)/C(=C/c3ccc(Cl)cc3)OC2C=C1. The van der Waals surface area contributed by atoms with Crippen LogP contribution in [0.2, 0.25) is 5.02 Å². The minimum Gasteiger partial charge on any atom is -0.474 e. The number of carbonyl (C=O) groups is 3. The molecule has 0 aromatic heterocycles. The van der Waals surface area contributed by atoms with Gasteiger partial charge in [-0.1, -0.05) is 23.7 Å². The molecular weight excluding hydrogens is 418 g/mol. The summed E-state index contributed by atoms with van der Waals surface area (Å²) in [6.45, 7) is 1.91. The maximum atomic E-state index is 12.4. The Morgan fingerprint density at radius 2 is 2.10 bits per heavy atom. The van der Waals surface area contributed by atoms with Gasteiger partial charge >= 0.3 is 5.91 Å². The third kappa shape index (κ3) is 5.11. The molecule has 0 spiro atoms. The van der Waals surface area contributed by atoms with E-state index in [0.717, 1.165) is 18.5 Å². The van der Waals surface area contributed by atoms with Gasteiger partial charge in [0.25, 0.3) is 5.91 Å². The van der Waals surface area contributed by atoms with Crippen LogP contribution in [0.3, 0.4) is 0 Å². The Kier molecular flexibility index (Phi) is 6.32. The Morgan fingerprint density at radius 1 is 1.29 bits per heavy atom. The second kappa shape index (κ2) is 9.31. The summed E-state index contributed by atoms with van der Waals surface area (Å²) in [5.41, 5.74) is 1.58. The van der Waals surface area contributed by atoms with E-state index in [1.54, 1.807) is 48.6 Å². The van der Waals surface area contributed by atoms with Crippen LogP contribution in [0.15, 0.2) is 58.8 Å². The van der Waals surface area contributed by atoms with Crippen molar-refractivity contribution >= 4 is 41.1 Å². The van der Waals surface area contributed by atoms with E-state index in [1.807, 2.05) is 4.90 Å². The number of halogens is 1. The largest absolute Gasteiger partial charge is 0.474 e. The number of fused-ring (bicyclic) bond motifs is 1. The summed E-state index contributed by atoms with van der Waals surface area (Å²) in [6.07, 6.45) is 8.25. The molecule has 0 bridgehead atoms. The third-order valence-corrected chi connectivity index (χ3v) is 5.48. The van der Waals surface area contributed by atoms with Gasteiger partial charge < -0.3 is 15.0 Å². The molecular formula is C23H22ClN3O4. The van der Waals surface area contributed by atoms with Crippen LogP contribution in [0.5, 0.6) is 0 Å². The molecule has 2 aliphatic heterocycles. The van der Waals surface area contributed by atoms with Crippen molar-refractivity contribution in [2.75, 3.05) is 19.6 Å². The summed E-state index contributed by atoms with van der Waals surface area (Å²) in [6, 6.07) is 7.02. The van der Waals surface area contributed by atoms with E-state index in [0.29, 0.717) is 42.2 Å². The van der Waals surface area contributed by atoms with Crippen molar-refractivity contribution < 1.29 is 19.1 Å². The Bertz CT molecular complexity index is 1020. The zero-order valence-electron chi connectivity index (χ0n) is 16.8. The number of hydrogen-bond donors (Lipinski definition) is 1. The van der Waals surface area contributed by atoms with Crippen LogP contribution in [0.4, 0.5) is 0 Å². The summed E-state index contributed by atoms with van der Waals surface area (Å²) >= 11 is 5.88. The molecule has 160 valence electrons. The normalized spacial score (nSPS) is 21.5. The average Bonchev–Trinajstić information content (AvgIpc) is 3.17. The van der Waals surface area contributed by atoms with Gasteiger partial charge in [0.15, 0.2) is 11.9 Å². The fraction of sp³-hybridized carbons (Fsp3) is 0.304. The number of hydrogen-bond acceptors (Lipinski definition) is 4. The van der Waals surface area contributed by atoms with Crippen molar-refractivity contribution in [2.24, 2.45) is 4.99 Å². The summed E-state index contributed by atoms with van der Waals surface area (Å²) in [5, 5.41) is 3.45.